The lowest BCUT2D eigenvalue weighted by Crippen LogP contribution is -2.35. The van der Waals surface area contributed by atoms with Gasteiger partial charge in [0.25, 0.3) is 0 Å². The molecule has 0 spiro atoms. The Balaban J connectivity index is 1.88. The lowest BCUT2D eigenvalue weighted by molar-refractivity contribution is -0.141. The number of hydrogen-bond donors (Lipinski definition) is 1. The topological polar surface area (TPSA) is 87.5 Å². The van der Waals surface area contributed by atoms with E-state index in [-0.39, 0.29) is 10.6 Å². The Morgan fingerprint density at radius 1 is 1.12 bits per heavy atom. The molecule has 1 N–H and O–H groups in total. The van der Waals surface area contributed by atoms with Crippen LogP contribution < -0.4 is 10.2 Å². The summed E-state index contributed by atoms with van der Waals surface area (Å²) in [5.41, 5.74) is -0.180. The Bertz CT molecular complexity index is 1080. The first kappa shape index (κ1) is 25.0. The van der Waals surface area contributed by atoms with Crippen LogP contribution in [0.4, 0.5) is 24.5 Å². The van der Waals surface area contributed by atoms with E-state index in [4.69, 9.17) is 0 Å². The normalized spacial score (nSPS) is 15.4. The van der Waals surface area contributed by atoms with Gasteiger partial charge in [-0.15, -0.1) is 0 Å². The molecule has 8 nitrogen and oxygen atoms in total. The number of nitrogens with one attached hydrogen (secondary N) is 1. The van der Waals surface area contributed by atoms with Crippen LogP contribution in [0, 0.1) is 0 Å². The molecule has 12 heteroatoms. The van der Waals surface area contributed by atoms with E-state index in [1.54, 1.807) is 6.07 Å². The van der Waals surface area contributed by atoms with Crippen LogP contribution in [0.15, 0.2) is 35.4 Å². The van der Waals surface area contributed by atoms with Crippen LogP contribution in [0.1, 0.15) is 38.8 Å². The Morgan fingerprint density at radius 3 is 2.36 bits per heavy atom. The van der Waals surface area contributed by atoms with Crippen molar-refractivity contribution in [2.24, 2.45) is 0 Å². The van der Waals surface area contributed by atoms with Gasteiger partial charge in [0.1, 0.15) is 6.54 Å². The first-order valence-corrected chi connectivity index (χ1v) is 12.3. The van der Waals surface area contributed by atoms with Crippen molar-refractivity contribution in [3.8, 4) is 0 Å². The van der Waals surface area contributed by atoms with Gasteiger partial charge in [0.2, 0.25) is 15.9 Å². The number of anilines is 2. The van der Waals surface area contributed by atoms with Crippen molar-refractivity contribution < 1.29 is 26.4 Å². The molecule has 1 saturated heterocycles. The summed E-state index contributed by atoms with van der Waals surface area (Å²) in [5, 5.41) is 6.05. The third-order valence-electron chi connectivity index (χ3n) is 5.54. The molecule has 33 heavy (non-hydrogen) atoms. The van der Waals surface area contributed by atoms with Gasteiger partial charge in [-0.05, 0) is 51.0 Å². The molecule has 0 bridgehead atoms. The Kier molecular flexibility index (Phi) is 7.68. The maximum absolute atomic E-state index is 13.1. The average Bonchev–Trinajstić information content (AvgIpc) is 3.25. The lowest BCUT2D eigenvalue weighted by atomic mass is 10.2. The van der Waals surface area contributed by atoms with Crippen molar-refractivity contribution in [3.05, 3.63) is 36.2 Å². The first-order valence-electron chi connectivity index (χ1n) is 10.9. The summed E-state index contributed by atoms with van der Waals surface area (Å²) < 4.78 is 66.9. The summed E-state index contributed by atoms with van der Waals surface area (Å²) in [7, 11) is -3.73. The number of sulfonamides is 1. The molecule has 0 atom stereocenters. The second-order valence-corrected chi connectivity index (χ2v) is 9.70. The standard InChI is InChI=1S/C21H28F3N5O3S/c1-3-27(4-2)18-9-8-16(33(31,32)29-11-6-5-7-12-29)14-17(18)25-20(30)15-28-13-10-19(26-28)21(22,23)24/h8-10,13-14H,3-7,11-12,15H2,1-2H3,(H,25,30). The minimum Gasteiger partial charge on any atom is -0.370 e. The fraction of sp³-hybridized carbons (Fsp3) is 0.524. The number of amides is 1. The summed E-state index contributed by atoms with van der Waals surface area (Å²) in [6.07, 6.45) is -0.953. The first-order chi connectivity index (χ1) is 15.6. The monoisotopic (exact) mass is 487 g/mol. The van der Waals surface area contributed by atoms with Gasteiger partial charge in [0.15, 0.2) is 5.69 Å². The number of benzene rings is 1. The molecular weight excluding hydrogens is 459 g/mol. The molecule has 1 amide bonds. The van der Waals surface area contributed by atoms with E-state index in [1.807, 2.05) is 18.7 Å². The Morgan fingerprint density at radius 2 is 1.79 bits per heavy atom. The van der Waals surface area contributed by atoms with Gasteiger partial charge >= 0.3 is 6.18 Å². The molecule has 3 rings (SSSR count). The van der Waals surface area contributed by atoms with E-state index < -0.39 is 34.3 Å². The van der Waals surface area contributed by atoms with Crippen molar-refractivity contribution in [1.29, 1.82) is 0 Å². The number of hydrogen-bond acceptors (Lipinski definition) is 5. The fourth-order valence-electron chi connectivity index (χ4n) is 3.81. The van der Waals surface area contributed by atoms with Crippen LogP contribution in [0.25, 0.3) is 0 Å². The Hall–Kier alpha value is -2.60. The van der Waals surface area contributed by atoms with E-state index in [0.717, 1.165) is 36.2 Å². The van der Waals surface area contributed by atoms with E-state index in [0.29, 0.717) is 31.9 Å². The number of rotatable bonds is 8. The summed E-state index contributed by atoms with van der Waals surface area (Å²) in [4.78, 5) is 14.6. The number of carbonyl (C=O) groups excluding carboxylic acids is 1. The largest absolute Gasteiger partial charge is 0.435 e. The zero-order valence-electron chi connectivity index (χ0n) is 18.6. The third kappa shape index (κ3) is 5.85. The molecule has 2 aromatic rings. The highest BCUT2D eigenvalue weighted by molar-refractivity contribution is 7.89. The van der Waals surface area contributed by atoms with Crippen molar-refractivity contribution >= 4 is 27.3 Å². The molecule has 0 aliphatic carbocycles. The predicted molar refractivity (Wildman–Crippen MR) is 118 cm³/mol. The lowest BCUT2D eigenvalue weighted by Gasteiger charge is -2.28. The molecule has 1 aromatic carbocycles. The number of aromatic nitrogens is 2. The quantitative estimate of drug-likeness (QED) is 0.615. The summed E-state index contributed by atoms with van der Waals surface area (Å²) in [6, 6.07) is 5.38. The maximum Gasteiger partial charge on any atom is 0.435 e. The summed E-state index contributed by atoms with van der Waals surface area (Å²) >= 11 is 0. The van der Waals surface area contributed by atoms with Crippen LogP contribution in [-0.2, 0) is 27.5 Å². The van der Waals surface area contributed by atoms with Crippen molar-refractivity contribution in [3.63, 3.8) is 0 Å². The molecule has 1 aliphatic heterocycles. The second kappa shape index (κ2) is 10.1. The SMILES string of the molecule is CCN(CC)c1ccc(S(=O)(=O)N2CCCCC2)cc1NC(=O)Cn1ccc(C(F)(F)F)n1. The van der Waals surface area contributed by atoms with Gasteiger partial charge in [-0.2, -0.15) is 22.6 Å². The molecular formula is C21H28F3N5O3S. The predicted octanol–water partition coefficient (Wildman–Crippen LogP) is 3.56. The van der Waals surface area contributed by atoms with Crippen molar-refractivity contribution in [2.45, 2.75) is 50.7 Å². The molecule has 0 radical (unpaired) electrons. The van der Waals surface area contributed by atoms with E-state index >= 15 is 0 Å². The summed E-state index contributed by atoms with van der Waals surface area (Å²) in [6.45, 7) is 5.53. The highest BCUT2D eigenvalue weighted by Crippen LogP contribution is 2.31. The number of alkyl halides is 3. The summed E-state index contributed by atoms with van der Waals surface area (Å²) in [5.74, 6) is -0.618. The van der Waals surface area contributed by atoms with Crippen LogP contribution in [0.2, 0.25) is 0 Å². The van der Waals surface area contributed by atoms with Gasteiger partial charge in [-0.1, -0.05) is 6.42 Å². The van der Waals surface area contributed by atoms with Crippen LogP contribution >= 0.6 is 0 Å². The van der Waals surface area contributed by atoms with E-state index in [9.17, 15) is 26.4 Å². The van der Waals surface area contributed by atoms with E-state index in [2.05, 4.69) is 10.4 Å². The number of nitrogens with zero attached hydrogens (tertiary/aromatic N) is 4. The van der Waals surface area contributed by atoms with Crippen molar-refractivity contribution in [1.82, 2.24) is 14.1 Å². The van der Waals surface area contributed by atoms with Crippen LogP contribution in [0.5, 0.6) is 0 Å². The average molecular weight is 488 g/mol. The molecule has 182 valence electrons. The number of carbonyl (C=O) groups is 1. The van der Waals surface area contributed by atoms with Gasteiger partial charge in [0, 0.05) is 32.4 Å². The van der Waals surface area contributed by atoms with Gasteiger partial charge in [-0.25, -0.2) is 8.42 Å². The molecule has 1 aliphatic rings. The smallest absolute Gasteiger partial charge is 0.370 e. The zero-order chi connectivity index (χ0) is 24.2. The van der Waals surface area contributed by atoms with Gasteiger partial charge < -0.3 is 10.2 Å². The molecule has 1 aromatic heterocycles. The highest BCUT2D eigenvalue weighted by Gasteiger charge is 2.33. The van der Waals surface area contributed by atoms with Gasteiger partial charge in [-0.3, -0.25) is 9.48 Å². The fourth-order valence-corrected chi connectivity index (χ4v) is 5.35. The van der Waals surface area contributed by atoms with Crippen LogP contribution in [0.3, 0.4) is 0 Å². The van der Waals surface area contributed by atoms with Crippen LogP contribution in [-0.4, -0.2) is 54.6 Å². The third-order valence-corrected chi connectivity index (χ3v) is 7.43. The minimum absolute atomic E-state index is 0.0639. The van der Waals surface area contributed by atoms with Crippen molar-refractivity contribution in [2.75, 3.05) is 36.4 Å². The van der Waals surface area contributed by atoms with E-state index in [1.165, 1.54) is 16.4 Å². The zero-order valence-corrected chi connectivity index (χ0v) is 19.4. The molecule has 0 saturated carbocycles. The maximum atomic E-state index is 13.1. The molecule has 1 fully saturated rings. The molecule has 2 heterocycles. The minimum atomic E-state index is -4.60. The second-order valence-electron chi connectivity index (χ2n) is 7.76. The highest BCUT2D eigenvalue weighted by atomic mass is 32.2. The number of piperidine rings is 1. The van der Waals surface area contributed by atoms with Gasteiger partial charge in [0.05, 0.1) is 16.3 Å². The Labute approximate surface area is 191 Å². The number of halogens is 3. The molecule has 0 unspecified atom stereocenters.